The molecule has 0 aromatic carbocycles. The van der Waals surface area contributed by atoms with Crippen LogP contribution in [0.2, 0.25) is 0 Å². The summed E-state index contributed by atoms with van der Waals surface area (Å²) in [4.78, 5) is 14.2. The van der Waals surface area contributed by atoms with Gasteiger partial charge in [0.15, 0.2) is 0 Å². The number of hydrogen-bond donors (Lipinski definition) is 1. The Hall–Kier alpha value is -1.04. The summed E-state index contributed by atoms with van der Waals surface area (Å²) in [5.41, 5.74) is 0. The van der Waals surface area contributed by atoms with E-state index in [1.165, 1.54) is 12.3 Å². The molecule has 0 radical (unpaired) electrons. The topological polar surface area (TPSA) is 42.0 Å². The van der Waals surface area contributed by atoms with Gasteiger partial charge in [0.2, 0.25) is 0 Å². The lowest BCUT2D eigenvalue weighted by Gasteiger charge is -2.02. The number of halogens is 3. The summed E-state index contributed by atoms with van der Waals surface area (Å²) in [5, 5.41) is 1.95. The first-order valence-electron chi connectivity index (χ1n) is 3.30. The molecule has 1 aromatic rings. The molecule has 3 nitrogen and oxygen atoms in total. The third-order valence-electron chi connectivity index (χ3n) is 1.17. The van der Waals surface area contributed by atoms with E-state index in [0.717, 1.165) is 0 Å². The van der Waals surface area contributed by atoms with E-state index < -0.39 is 12.3 Å². The molecule has 0 atom stereocenters. The normalized spacial score (nSPS) is 10.2. The number of amides is 1. The maximum Gasteiger partial charge on any atom is 0.315 e. The van der Waals surface area contributed by atoms with E-state index in [4.69, 9.17) is 0 Å². The lowest BCUT2D eigenvalue weighted by atomic mass is 10.4. The Balaban J connectivity index is 2.69. The van der Waals surface area contributed by atoms with Crippen molar-refractivity contribution >= 4 is 27.7 Å². The zero-order valence-corrected chi connectivity index (χ0v) is 7.88. The van der Waals surface area contributed by atoms with Gasteiger partial charge in [-0.3, -0.25) is 4.79 Å². The minimum absolute atomic E-state index is 0.0969. The van der Waals surface area contributed by atoms with Gasteiger partial charge in [-0.1, -0.05) is 15.9 Å². The van der Waals surface area contributed by atoms with Crippen molar-refractivity contribution in [2.45, 2.75) is 6.43 Å². The van der Waals surface area contributed by atoms with Gasteiger partial charge < -0.3 is 5.32 Å². The molecule has 0 unspecified atom stereocenters. The Morgan fingerprint density at radius 2 is 2.31 bits per heavy atom. The summed E-state index contributed by atoms with van der Waals surface area (Å²) in [6, 6.07) is 3.05. The largest absolute Gasteiger partial charge is 0.315 e. The Morgan fingerprint density at radius 1 is 1.62 bits per heavy atom. The number of anilines is 1. The molecule has 0 spiro atoms. The van der Waals surface area contributed by atoms with Gasteiger partial charge in [-0.15, -0.1) is 0 Å². The summed E-state index contributed by atoms with van der Waals surface area (Å²) in [5.74, 6) is -1.26. The van der Waals surface area contributed by atoms with E-state index in [0.29, 0.717) is 4.47 Å². The minimum Gasteiger partial charge on any atom is -0.306 e. The summed E-state index contributed by atoms with van der Waals surface area (Å²) in [6.07, 6.45) is -1.63. The number of aromatic nitrogens is 1. The number of carbonyl (C=O) groups is 1. The molecule has 0 aliphatic rings. The highest BCUT2D eigenvalue weighted by Crippen LogP contribution is 2.13. The summed E-state index contributed by atoms with van der Waals surface area (Å²) < 4.78 is 24.2. The van der Waals surface area contributed by atoms with E-state index in [1.807, 2.05) is 5.32 Å². The Morgan fingerprint density at radius 3 is 2.85 bits per heavy atom. The predicted molar refractivity (Wildman–Crippen MR) is 46.6 cm³/mol. The fourth-order valence-corrected chi connectivity index (χ4v) is 0.989. The molecule has 1 heterocycles. The summed E-state index contributed by atoms with van der Waals surface area (Å²) in [6.45, 7) is 0. The molecular formula is C7H5BrF2N2O. The number of rotatable bonds is 2. The number of pyridine rings is 1. The van der Waals surface area contributed by atoms with Crippen LogP contribution in [0.5, 0.6) is 0 Å². The van der Waals surface area contributed by atoms with Gasteiger partial charge in [0.25, 0.3) is 5.91 Å². The second-order valence-electron chi connectivity index (χ2n) is 2.15. The van der Waals surface area contributed by atoms with Crippen molar-refractivity contribution in [2.75, 3.05) is 5.32 Å². The average molecular weight is 251 g/mol. The Labute approximate surface area is 81.3 Å². The van der Waals surface area contributed by atoms with Crippen LogP contribution in [-0.2, 0) is 4.79 Å². The lowest BCUT2D eigenvalue weighted by molar-refractivity contribution is -0.126. The molecule has 1 amide bonds. The molecule has 0 saturated carbocycles. The number of alkyl halides is 2. The van der Waals surface area contributed by atoms with Crippen LogP contribution in [0.3, 0.4) is 0 Å². The zero-order valence-electron chi connectivity index (χ0n) is 6.30. The highest BCUT2D eigenvalue weighted by Gasteiger charge is 2.15. The van der Waals surface area contributed by atoms with Gasteiger partial charge in [-0.25, -0.2) is 4.98 Å². The number of hydrogen-bond acceptors (Lipinski definition) is 2. The second kappa shape index (κ2) is 4.27. The first-order chi connectivity index (χ1) is 6.09. The number of nitrogens with zero attached hydrogens (tertiary/aromatic N) is 1. The molecule has 6 heteroatoms. The van der Waals surface area contributed by atoms with Crippen molar-refractivity contribution in [1.82, 2.24) is 4.98 Å². The molecular weight excluding hydrogens is 246 g/mol. The van der Waals surface area contributed by atoms with Crippen LogP contribution < -0.4 is 5.32 Å². The lowest BCUT2D eigenvalue weighted by Crippen LogP contribution is -2.20. The van der Waals surface area contributed by atoms with Gasteiger partial charge in [0, 0.05) is 10.7 Å². The second-order valence-corrected chi connectivity index (χ2v) is 3.06. The van der Waals surface area contributed by atoms with E-state index in [-0.39, 0.29) is 5.82 Å². The quantitative estimate of drug-likeness (QED) is 0.873. The fourth-order valence-electron chi connectivity index (χ4n) is 0.654. The number of nitrogens with one attached hydrogen (secondary N) is 1. The van der Waals surface area contributed by atoms with Crippen molar-refractivity contribution < 1.29 is 13.6 Å². The first kappa shape index (κ1) is 10.0. The highest BCUT2D eigenvalue weighted by molar-refractivity contribution is 9.10. The van der Waals surface area contributed by atoms with Crippen LogP contribution in [0.4, 0.5) is 14.6 Å². The first-order valence-corrected chi connectivity index (χ1v) is 4.09. The van der Waals surface area contributed by atoms with Crippen molar-refractivity contribution in [3.05, 3.63) is 22.8 Å². The molecule has 0 aliphatic heterocycles. The molecule has 1 aromatic heterocycles. The highest BCUT2D eigenvalue weighted by atomic mass is 79.9. The molecule has 13 heavy (non-hydrogen) atoms. The minimum atomic E-state index is -3.03. The van der Waals surface area contributed by atoms with Gasteiger partial charge >= 0.3 is 6.43 Å². The Bertz CT molecular complexity index is 319. The molecule has 70 valence electrons. The monoisotopic (exact) mass is 250 g/mol. The maximum atomic E-state index is 11.8. The molecule has 1 N–H and O–H groups in total. The molecule has 0 saturated heterocycles. The fraction of sp³-hybridized carbons (Fsp3) is 0.143. The van der Waals surface area contributed by atoms with Crippen molar-refractivity contribution in [3.8, 4) is 0 Å². The van der Waals surface area contributed by atoms with E-state index in [1.54, 1.807) is 6.07 Å². The molecule has 0 fully saturated rings. The summed E-state index contributed by atoms with van der Waals surface area (Å²) >= 11 is 3.11. The zero-order chi connectivity index (χ0) is 9.84. The van der Waals surface area contributed by atoms with Gasteiger partial charge in [-0.05, 0) is 12.1 Å². The van der Waals surface area contributed by atoms with Crippen LogP contribution in [0.1, 0.15) is 0 Å². The van der Waals surface area contributed by atoms with E-state index in [9.17, 15) is 13.6 Å². The van der Waals surface area contributed by atoms with E-state index in [2.05, 4.69) is 20.9 Å². The van der Waals surface area contributed by atoms with Crippen molar-refractivity contribution in [3.63, 3.8) is 0 Å². The number of carbonyl (C=O) groups excluding carboxylic acids is 1. The third kappa shape index (κ3) is 3.06. The molecule has 1 rings (SSSR count). The van der Waals surface area contributed by atoms with Gasteiger partial charge in [-0.2, -0.15) is 8.78 Å². The maximum absolute atomic E-state index is 11.8. The smallest absolute Gasteiger partial charge is 0.306 e. The Kier molecular flexibility index (Phi) is 3.30. The van der Waals surface area contributed by atoms with Gasteiger partial charge in [0.05, 0.1) is 0 Å². The third-order valence-corrected chi connectivity index (χ3v) is 1.66. The van der Waals surface area contributed by atoms with Crippen LogP contribution in [0.15, 0.2) is 22.8 Å². The SMILES string of the molecule is O=C(Nc1cc(Br)ccn1)C(F)F. The standard InChI is InChI=1S/C7H5BrF2N2O/c8-4-1-2-11-5(3-4)12-7(13)6(9)10/h1-3,6H,(H,11,12,13). The molecule has 0 aliphatic carbocycles. The van der Waals surface area contributed by atoms with Crippen LogP contribution in [0.25, 0.3) is 0 Å². The van der Waals surface area contributed by atoms with Gasteiger partial charge in [0.1, 0.15) is 5.82 Å². The average Bonchev–Trinajstić information content (AvgIpc) is 2.04. The van der Waals surface area contributed by atoms with Crippen LogP contribution >= 0.6 is 15.9 Å². The summed E-state index contributed by atoms with van der Waals surface area (Å²) in [7, 11) is 0. The van der Waals surface area contributed by atoms with Crippen molar-refractivity contribution in [2.24, 2.45) is 0 Å². The predicted octanol–water partition coefficient (Wildman–Crippen LogP) is 2.05. The van der Waals surface area contributed by atoms with Crippen molar-refractivity contribution in [1.29, 1.82) is 0 Å². The van der Waals surface area contributed by atoms with Crippen LogP contribution in [0, 0.1) is 0 Å². The van der Waals surface area contributed by atoms with E-state index >= 15 is 0 Å². The van der Waals surface area contributed by atoms with Crippen LogP contribution in [-0.4, -0.2) is 17.3 Å². The molecule has 0 bridgehead atoms.